The highest BCUT2D eigenvalue weighted by atomic mass is 19.2. The van der Waals surface area contributed by atoms with Crippen LogP contribution in [0, 0.1) is 18.6 Å². The van der Waals surface area contributed by atoms with Crippen LogP contribution in [0.15, 0.2) is 42.5 Å². The van der Waals surface area contributed by atoms with Gasteiger partial charge in [-0.05, 0) is 81.9 Å². The summed E-state index contributed by atoms with van der Waals surface area (Å²) in [6.45, 7) is 6.89. The lowest BCUT2D eigenvalue weighted by molar-refractivity contribution is -0.150. The zero-order chi connectivity index (χ0) is 24.9. The Balaban J connectivity index is 1.27. The number of urea groups is 1. The molecule has 0 radical (unpaired) electrons. The van der Waals surface area contributed by atoms with Gasteiger partial charge in [0, 0.05) is 6.54 Å². The van der Waals surface area contributed by atoms with Gasteiger partial charge in [-0.25, -0.2) is 13.6 Å². The lowest BCUT2D eigenvalue weighted by Crippen LogP contribution is -2.54. The molecule has 35 heavy (non-hydrogen) atoms. The van der Waals surface area contributed by atoms with Crippen LogP contribution in [-0.2, 0) is 9.53 Å². The van der Waals surface area contributed by atoms with Crippen molar-refractivity contribution in [3.63, 3.8) is 0 Å². The van der Waals surface area contributed by atoms with Crippen molar-refractivity contribution in [2.45, 2.75) is 51.2 Å². The SMILES string of the molecule is Cc1ccc(C2CCN(CCCNC(=O)N3C(=O)CO[C@@H](C)[C@@H]3c3ccc(F)c(F)c3)CC2)cc1. The molecule has 0 saturated carbocycles. The summed E-state index contributed by atoms with van der Waals surface area (Å²) in [6, 6.07) is 10.8. The maximum Gasteiger partial charge on any atom is 0.324 e. The second-order valence-corrected chi connectivity index (χ2v) is 9.51. The molecule has 2 aromatic rings. The minimum atomic E-state index is -1.03. The van der Waals surface area contributed by atoms with Gasteiger partial charge in [0.1, 0.15) is 6.61 Å². The Kier molecular flexibility index (Phi) is 8.13. The average Bonchev–Trinajstić information content (AvgIpc) is 2.85. The number of ether oxygens (including phenoxy) is 1. The molecule has 0 bridgehead atoms. The summed E-state index contributed by atoms with van der Waals surface area (Å²) < 4.78 is 32.7. The second-order valence-electron chi connectivity index (χ2n) is 9.51. The first kappa shape index (κ1) is 25.3. The molecule has 3 amide bonds. The van der Waals surface area contributed by atoms with E-state index in [2.05, 4.69) is 41.4 Å². The quantitative estimate of drug-likeness (QED) is 0.611. The van der Waals surface area contributed by atoms with Crippen molar-refractivity contribution in [3.8, 4) is 0 Å². The van der Waals surface area contributed by atoms with Crippen LogP contribution in [-0.4, -0.2) is 60.6 Å². The molecule has 2 aromatic carbocycles. The standard InChI is InChI=1S/C27H33F2N3O3/c1-18-4-6-20(7-5-18)21-10-14-31(15-11-21)13-3-12-30-27(34)32-25(33)17-35-19(2)26(32)22-8-9-23(28)24(29)16-22/h4-9,16,19,21,26H,3,10-15,17H2,1-2H3,(H,30,34)/t19-,26+/m0/s1. The van der Waals surface area contributed by atoms with Crippen LogP contribution in [0.2, 0.25) is 0 Å². The first-order chi connectivity index (χ1) is 16.8. The molecule has 8 heteroatoms. The Morgan fingerprint density at radius 3 is 2.43 bits per heavy atom. The lowest BCUT2D eigenvalue weighted by Gasteiger charge is -2.38. The molecule has 2 aliphatic rings. The predicted molar refractivity (Wildman–Crippen MR) is 129 cm³/mol. The highest BCUT2D eigenvalue weighted by molar-refractivity contribution is 5.96. The Hall–Kier alpha value is -2.84. The van der Waals surface area contributed by atoms with E-state index in [-0.39, 0.29) is 6.61 Å². The maximum atomic E-state index is 13.8. The highest BCUT2D eigenvalue weighted by Crippen LogP contribution is 2.31. The van der Waals surface area contributed by atoms with Gasteiger partial charge in [-0.1, -0.05) is 35.9 Å². The van der Waals surface area contributed by atoms with Crippen LogP contribution < -0.4 is 5.32 Å². The van der Waals surface area contributed by atoms with Crippen LogP contribution in [0.1, 0.15) is 54.8 Å². The van der Waals surface area contributed by atoms with Crippen molar-refractivity contribution in [3.05, 3.63) is 70.8 Å². The monoisotopic (exact) mass is 485 g/mol. The van der Waals surface area contributed by atoms with E-state index in [0.717, 1.165) is 55.9 Å². The van der Waals surface area contributed by atoms with Gasteiger partial charge in [0.05, 0.1) is 12.1 Å². The van der Waals surface area contributed by atoms with Gasteiger partial charge < -0.3 is 15.0 Å². The van der Waals surface area contributed by atoms with Gasteiger partial charge in [0.15, 0.2) is 11.6 Å². The largest absolute Gasteiger partial charge is 0.366 e. The third-order valence-electron chi connectivity index (χ3n) is 7.03. The van der Waals surface area contributed by atoms with Crippen molar-refractivity contribution in [2.75, 3.05) is 32.8 Å². The van der Waals surface area contributed by atoms with Crippen molar-refractivity contribution in [1.29, 1.82) is 0 Å². The fourth-order valence-electron chi connectivity index (χ4n) is 5.00. The molecule has 2 atom stereocenters. The maximum absolute atomic E-state index is 13.8. The van der Waals surface area contributed by atoms with E-state index in [1.54, 1.807) is 6.92 Å². The number of nitrogens with zero attached hydrogens (tertiary/aromatic N) is 2. The molecule has 0 aliphatic carbocycles. The molecular weight excluding hydrogens is 452 g/mol. The third kappa shape index (κ3) is 6.05. The molecule has 2 saturated heterocycles. The summed E-state index contributed by atoms with van der Waals surface area (Å²) >= 11 is 0. The number of nitrogens with one attached hydrogen (secondary N) is 1. The van der Waals surface area contributed by atoms with Crippen LogP contribution in [0.4, 0.5) is 13.6 Å². The topological polar surface area (TPSA) is 61.9 Å². The van der Waals surface area contributed by atoms with Gasteiger partial charge in [-0.15, -0.1) is 0 Å². The van der Waals surface area contributed by atoms with Crippen LogP contribution in [0.5, 0.6) is 0 Å². The average molecular weight is 486 g/mol. The Morgan fingerprint density at radius 1 is 1.06 bits per heavy atom. The number of hydrogen-bond donors (Lipinski definition) is 1. The third-order valence-corrected chi connectivity index (χ3v) is 7.03. The summed E-state index contributed by atoms with van der Waals surface area (Å²) in [5.74, 6) is -1.93. The Labute approximate surface area is 205 Å². The van der Waals surface area contributed by atoms with Crippen LogP contribution in [0.3, 0.4) is 0 Å². The van der Waals surface area contributed by atoms with Crippen LogP contribution in [0.25, 0.3) is 0 Å². The van der Waals surface area contributed by atoms with E-state index in [4.69, 9.17) is 4.74 Å². The fourth-order valence-corrected chi connectivity index (χ4v) is 5.00. The minimum absolute atomic E-state index is 0.231. The summed E-state index contributed by atoms with van der Waals surface area (Å²) in [5, 5.41) is 2.82. The van der Waals surface area contributed by atoms with E-state index < -0.39 is 35.7 Å². The molecule has 4 rings (SSSR count). The molecule has 0 spiro atoms. The molecule has 2 fully saturated rings. The number of amides is 3. The zero-order valence-corrected chi connectivity index (χ0v) is 20.3. The van der Waals surface area contributed by atoms with E-state index in [0.29, 0.717) is 18.0 Å². The summed E-state index contributed by atoms with van der Waals surface area (Å²) in [5.41, 5.74) is 3.00. The van der Waals surface area contributed by atoms with E-state index in [1.807, 2.05) is 0 Å². The number of likely N-dealkylation sites (tertiary alicyclic amines) is 1. The number of aryl methyl sites for hydroxylation is 1. The molecular formula is C27H33F2N3O3. The van der Waals surface area contributed by atoms with Crippen molar-refractivity contribution in [2.24, 2.45) is 0 Å². The molecule has 2 heterocycles. The number of carbonyl (C=O) groups excluding carboxylic acids is 2. The zero-order valence-electron chi connectivity index (χ0n) is 20.3. The summed E-state index contributed by atoms with van der Waals surface area (Å²) in [6.07, 6.45) is 2.44. The first-order valence-corrected chi connectivity index (χ1v) is 12.3. The minimum Gasteiger partial charge on any atom is -0.366 e. The smallest absolute Gasteiger partial charge is 0.324 e. The van der Waals surface area contributed by atoms with E-state index >= 15 is 0 Å². The van der Waals surface area contributed by atoms with E-state index in [1.165, 1.54) is 17.2 Å². The highest BCUT2D eigenvalue weighted by Gasteiger charge is 2.39. The predicted octanol–water partition coefficient (Wildman–Crippen LogP) is 4.54. The van der Waals surface area contributed by atoms with Gasteiger partial charge in [-0.3, -0.25) is 9.69 Å². The Bertz CT molecular complexity index is 1040. The fraction of sp³-hybridized carbons (Fsp3) is 0.481. The lowest BCUT2D eigenvalue weighted by atomic mass is 9.89. The number of rotatable bonds is 6. The first-order valence-electron chi connectivity index (χ1n) is 12.3. The van der Waals surface area contributed by atoms with Crippen molar-refractivity contribution >= 4 is 11.9 Å². The number of carbonyl (C=O) groups is 2. The van der Waals surface area contributed by atoms with Gasteiger partial charge in [0.2, 0.25) is 0 Å². The van der Waals surface area contributed by atoms with Gasteiger partial charge >= 0.3 is 6.03 Å². The number of hydrogen-bond acceptors (Lipinski definition) is 4. The normalized spacial score (nSPS) is 21.8. The van der Waals surface area contributed by atoms with Gasteiger partial charge in [-0.2, -0.15) is 0 Å². The summed E-state index contributed by atoms with van der Waals surface area (Å²) in [7, 11) is 0. The molecule has 2 aliphatic heterocycles. The number of halogens is 2. The number of piperidine rings is 1. The van der Waals surface area contributed by atoms with Gasteiger partial charge in [0.25, 0.3) is 5.91 Å². The second kappa shape index (κ2) is 11.3. The number of morpholine rings is 1. The van der Waals surface area contributed by atoms with Crippen molar-refractivity contribution < 1.29 is 23.1 Å². The van der Waals surface area contributed by atoms with Crippen molar-refractivity contribution in [1.82, 2.24) is 15.1 Å². The molecule has 0 unspecified atom stereocenters. The Morgan fingerprint density at radius 2 is 1.74 bits per heavy atom. The number of imide groups is 1. The molecule has 0 aromatic heterocycles. The molecule has 1 N–H and O–H groups in total. The van der Waals surface area contributed by atoms with Crippen LogP contribution >= 0.6 is 0 Å². The summed E-state index contributed by atoms with van der Waals surface area (Å²) in [4.78, 5) is 28.9. The van der Waals surface area contributed by atoms with E-state index in [9.17, 15) is 18.4 Å². The molecule has 6 nitrogen and oxygen atoms in total. The molecule has 188 valence electrons. The number of benzene rings is 2.